The first-order valence-corrected chi connectivity index (χ1v) is 6.89. The zero-order chi connectivity index (χ0) is 11.9. The molecule has 17 heavy (non-hydrogen) atoms. The smallest absolute Gasteiger partial charge is 0.137 e. The minimum Gasteiger partial charge on any atom is -0.316 e. The van der Waals surface area contributed by atoms with E-state index in [4.69, 9.17) is 0 Å². The summed E-state index contributed by atoms with van der Waals surface area (Å²) >= 11 is 0. The van der Waals surface area contributed by atoms with Gasteiger partial charge >= 0.3 is 0 Å². The standard InChI is InChI=1S/C13H24N4/c1-11-4-2-5-12(8-11)9-14-7-3-6-13-15-10-16-17-13/h10-12,14H,2-9H2,1H3,(H,15,16,17). The Morgan fingerprint density at radius 2 is 2.41 bits per heavy atom. The van der Waals surface area contributed by atoms with Crippen molar-refractivity contribution in [1.29, 1.82) is 0 Å². The van der Waals surface area contributed by atoms with Crippen LogP contribution in [0.4, 0.5) is 0 Å². The molecule has 2 atom stereocenters. The maximum absolute atomic E-state index is 4.12. The van der Waals surface area contributed by atoms with Gasteiger partial charge in [-0.25, -0.2) is 4.98 Å². The zero-order valence-corrected chi connectivity index (χ0v) is 10.8. The molecule has 2 unspecified atom stereocenters. The largest absolute Gasteiger partial charge is 0.316 e. The number of nitrogens with zero attached hydrogens (tertiary/aromatic N) is 2. The van der Waals surface area contributed by atoms with Gasteiger partial charge in [-0.3, -0.25) is 5.10 Å². The van der Waals surface area contributed by atoms with Crippen molar-refractivity contribution in [2.24, 2.45) is 11.8 Å². The van der Waals surface area contributed by atoms with Gasteiger partial charge in [0.2, 0.25) is 0 Å². The van der Waals surface area contributed by atoms with Crippen LogP contribution in [0, 0.1) is 11.8 Å². The van der Waals surface area contributed by atoms with E-state index in [2.05, 4.69) is 27.4 Å². The molecule has 0 aliphatic heterocycles. The molecule has 1 aromatic rings. The van der Waals surface area contributed by atoms with Crippen LogP contribution in [0.15, 0.2) is 6.33 Å². The molecule has 0 spiro atoms. The van der Waals surface area contributed by atoms with E-state index in [1.165, 1.54) is 32.2 Å². The number of aromatic amines is 1. The molecule has 0 radical (unpaired) electrons. The van der Waals surface area contributed by atoms with Gasteiger partial charge in [0.1, 0.15) is 12.2 Å². The summed E-state index contributed by atoms with van der Waals surface area (Å²) in [4.78, 5) is 4.12. The number of aryl methyl sites for hydroxylation is 1. The van der Waals surface area contributed by atoms with Crippen LogP contribution < -0.4 is 5.32 Å². The highest BCUT2D eigenvalue weighted by Crippen LogP contribution is 2.27. The Hall–Kier alpha value is -0.900. The molecule has 1 fully saturated rings. The Morgan fingerprint density at radius 1 is 1.47 bits per heavy atom. The van der Waals surface area contributed by atoms with Crippen LogP contribution in [-0.2, 0) is 6.42 Å². The molecular formula is C13H24N4. The van der Waals surface area contributed by atoms with Crippen LogP contribution in [0.2, 0.25) is 0 Å². The van der Waals surface area contributed by atoms with Gasteiger partial charge in [0, 0.05) is 6.42 Å². The van der Waals surface area contributed by atoms with E-state index in [9.17, 15) is 0 Å². The van der Waals surface area contributed by atoms with E-state index in [0.29, 0.717) is 0 Å². The maximum atomic E-state index is 4.12. The summed E-state index contributed by atoms with van der Waals surface area (Å²) in [5, 5.41) is 10.3. The van der Waals surface area contributed by atoms with E-state index in [-0.39, 0.29) is 0 Å². The number of rotatable bonds is 6. The lowest BCUT2D eigenvalue weighted by molar-refractivity contribution is 0.274. The van der Waals surface area contributed by atoms with Crippen molar-refractivity contribution in [3.05, 3.63) is 12.2 Å². The summed E-state index contributed by atoms with van der Waals surface area (Å²) in [6.45, 7) is 4.67. The molecule has 0 bridgehead atoms. The molecular weight excluding hydrogens is 212 g/mol. The Kier molecular flexibility index (Phi) is 4.98. The first kappa shape index (κ1) is 12.6. The molecule has 1 aromatic heterocycles. The highest BCUT2D eigenvalue weighted by Gasteiger charge is 2.17. The molecule has 2 N–H and O–H groups in total. The van der Waals surface area contributed by atoms with Crippen molar-refractivity contribution in [2.45, 2.75) is 45.4 Å². The van der Waals surface area contributed by atoms with Gasteiger partial charge in [-0.2, -0.15) is 5.10 Å². The normalized spacial score (nSPS) is 25.0. The predicted molar refractivity (Wildman–Crippen MR) is 68.7 cm³/mol. The first-order chi connectivity index (χ1) is 8.34. The van der Waals surface area contributed by atoms with Gasteiger partial charge in [-0.05, 0) is 44.2 Å². The van der Waals surface area contributed by atoms with Crippen LogP contribution in [0.5, 0.6) is 0 Å². The average molecular weight is 236 g/mol. The third-order valence-electron chi connectivity index (χ3n) is 3.71. The summed E-state index contributed by atoms with van der Waals surface area (Å²) in [7, 11) is 0. The number of hydrogen-bond acceptors (Lipinski definition) is 3. The average Bonchev–Trinajstić information content (AvgIpc) is 2.82. The lowest BCUT2D eigenvalue weighted by Gasteiger charge is -2.26. The number of aromatic nitrogens is 3. The molecule has 0 aromatic carbocycles. The fourth-order valence-electron chi connectivity index (χ4n) is 2.78. The molecule has 1 aliphatic rings. The second-order valence-electron chi connectivity index (χ2n) is 5.38. The molecule has 0 amide bonds. The summed E-state index contributed by atoms with van der Waals surface area (Å²) < 4.78 is 0. The highest BCUT2D eigenvalue weighted by molar-refractivity contribution is 4.80. The van der Waals surface area contributed by atoms with E-state index in [0.717, 1.165) is 37.0 Å². The summed E-state index contributed by atoms with van der Waals surface area (Å²) in [5.74, 6) is 2.84. The van der Waals surface area contributed by atoms with Crippen molar-refractivity contribution >= 4 is 0 Å². The third-order valence-corrected chi connectivity index (χ3v) is 3.71. The Morgan fingerprint density at radius 3 is 3.18 bits per heavy atom. The van der Waals surface area contributed by atoms with Crippen LogP contribution in [0.3, 0.4) is 0 Å². The van der Waals surface area contributed by atoms with Crippen molar-refractivity contribution in [3.8, 4) is 0 Å². The first-order valence-electron chi connectivity index (χ1n) is 6.89. The van der Waals surface area contributed by atoms with E-state index >= 15 is 0 Å². The molecule has 96 valence electrons. The van der Waals surface area contributed by atoms with Crippen LogP contribution in [0.25, 0.3) is 0 Å². The van der Waals surface area contributed by atoms with Gasteiger partial charge in [-0.15, -0.1) is 0 Å². The second kappa shape index (κ2) is 6.74. The SMILES string of the molecule is CC1CCCC(CNCCCc2ncn[nH]2)C1. The molecule has 1 aliphatic carbocycles. The van der Waals surface area contributed by atoms with Crippen LogP contribution in [-0.4, -0.2) is 28.3 Å². The molecule has 0 saturated heterocycles. The van der Waals surface area contributed by atoms with Gasteiger partial charge in [0.15, 0.2) is 0 Å². The number of H-pyrrole nitrogens is 1. The molecule has 4 heteroatoms. The van der Waals surface area contributed by atoms with Gasteiger partial charge < -0.3 is 5.32 Å². The van der Waals surface area contributed by atoms with Gasteiger partial charge in [-0.1, -0.05) is 19.8 Å². The summed E-state index contributed by atoms with van der Waals surface area (Å²) in [6, 6.07) is 0. The lowest BCUT2D eigenvalue weighted by atomic mass is 9.82. The van der Waals surface area contributed by atoms with E-state index < -0.39 is 0 Å². The Bertz CT molecular complexity index is 296. The van der Waals surface area contributed by atoms with E-state index in [1.807, 2.05) is 0 Å². The lowest BCUT2D eigenvalue weighted by Crippen LogP contribution is -2.27. The predicted octanol–water partition coefficient (Wildman–Crippen LogP) is 2.15. The molecule has 1 saturated carbocycles. The molecule has 2 rings (SSSR count). The highest BCUT2D eigenvalue weighted by atomic mass is 15.2. The van der Waals surface area contributed by atoms with Crippen LogP contribution in [0.1, 0.15) is 44.9 Å². The van der Waals surface area contributed by atoms with Gasteiger partial charge in [0.05, 0.1) is 0 Å². The third kappa shape index (κ3) is 4.46. The Labute approximate surface area is 104 Å². The quantitative estimate of drug-likeness (QED) is 0.744. The maximum Gasteiger partial charge on any atom is 0.137 e. The Balaban J connectivity index is 1.51. The number of nitrogens with one attached hydrogen (secondary N) is 2. The van der Waals surface area contributed by atoms with Crippen molar-refractivity contribution in [3.63, 3.8) is 0 Å². The fraction of sp³-hybridized carbons (Fsp3) is 0.846. The summed E-state index contributed by atoms with van der Waals surface area (Å²) in [5.41, 5.74) is 0. The van der Waals surface area contributed by atoms with Crippen LogP contribution >= 0.6 is 0 Å². The zero-order valence-electron chi connectivity index (χ0n) is 10.8. The van der Waals surface area contributed by atoms with E-state index in [1.54, 1.807) is 6.33 Å². The second-order valence-corrected chi connectivity index (χ2v) is 5.38. The minimum atomic E-state index is 0.907. The summed E-state index contributed by atoms with van der Waals surface area (Å²) in [6.07, 6.45) is 9.39. The number of hydrogen-bond donors (Lipinski definition) is 2. The molecule has 1 heterocycles. The fourth-order valence-corrected chi connectivity index (χ4v) is 2.78. The monoisotopic (exact) mass is 236 g/mol. The van der Waals surface area contributed by atoms with Crippen molar-refractivity contribution in [2.75, 3.05) is 13.1 Å². The topological polar surface area (TPSA) is 53.6 Å². The minimum absolute atomic E-state index is 0.907. The van der Waals surface area contributed by atoms with Gasteiger partial charge in [0.25, 0.3) is 0 Å². The van der Waals surface area contributed by atoms with Crippen molar-refractivity contribution < 1.29 is 0 Å². The van der Waals surface area contributed by atoms with Crippen molar-refractivity contribution in [1.82, 2.24) is 20.5 Å². The molecule has 4 nitrogen and oxygen atoms in total.